The van der Waals surface area contributed by atoms with E-state index in [0.29, 0.717) is 11.3 Å². The van der Waals surface area contributed by atoms with Gasteiger partial charge in [0.15, 0.2) is 0 Å². The van der Waals surface area contributed by atoms with Crippen molar-refractivity contribution in [3.63, 3.8) is 0 Å². The van der Waals surface area contributed by atoms with Gasteiger partial charge in [-0.3, -0.25) is 0 Å². The van der Waals surface area contributed by atoms with Crippen molar-refractivity contribution in [3.8, 4) is 5.75 Å². The van der Waals surface area contributed by atoms with E-state index in [4.69, 9.17) is 4.74 Å². The summed E-state index contributed by atoms with van der Waals surface area (Å²) in [5.41, 5.74) is 4.08. The van der Waals surface area contributed by atoms with Crippen LogP contribution in [0.15, 0.2) is 67.8 Å². The first-order valence-electron chi connectivity index (χ1n) is 7.60. The number of rotatable bonds is 6. The van der Waals surface area contributed by atoms with Gasteiger partial charge in [0.25, 0.3) is 0 Å². The maximum atomic E-state index is 12.4. The number of carbonyl (C=O) groups excluding carboxylic acids is 1. The van der Waals surface area contributed by atoms with Crippen molar-refractivity contribution in [2.45, 2.75) is 6.92 Å². The van der Waals surface area contributed by atoms with Crippen LogP contribution in [-0.4, -0.2) is 5.97 Å². The van der Waals surface area contributed by atoms with Crippen LogP contribution in [0.3, 0.4) is 0 Å². The summed E-state index contributed by atoms with van der Waals surface area (Å²) in [7, 11) is 0. The molecule has 2 aromatic carbocycles. The molecule has 0 aliphatic carbocycles. The number of benzene rings is 2. The molecule has 0 spiro atoms. The summed E-state index contributed by atoms with van der Waals surface area (Å²) in [6.45, 7) is 13.1. The molecule has 2 heteroatoms. The van der Waals surface area contributed by atoms with E-state index < -0.39 is 5.97 Å². The van der Waals surface area contributed by atoms with Gasteiger partial charge in [-0.1, -0.05) is 74.4 Å². The Balaban J connectivity index is 2.31. The Hall–Kier alpha value is -3.13. The van der Waals surface area contributed by atoms with Crippen LogP contribution in [0.5, 0.6) is 5.75 Å². The van der Waals surface area contributed by atoms with E-state index >= 15 is 0 Å². The second-order valence-electron chi connectivity index (χ2n) is 5.22. The monoisotopic (exact) mass is 316 g/mol. The van der Waals surface area contributed by atoms with Crippen LogP contribution in [0, 0.1) is 0 Å². The summed E-state index contributed by atoms with van der Waals surface area (Å²) in [6, 6.07) is 13.1. The first-order valence-corrected chi connectivity index (χ1v) is 7.60. The second kappa shape index (κ2) is 7.93. The first-order chi connectivity index (χ1) is 11.6. The van der Waals surface area contributed by atoms with E-state index in [1.807, 2.05) is 36.4 Å². The van der Waals surface area contributed by atoms with Crippen LogP contribution in [-0.2, 0) is 4.79 Å². The zero-order chi connectivity index (χ0) is 17.5. The lowest BCUT2D eigenvalue weighted by Crippen LogP contribution is -2.10. The van der Waals surface area contributed by atoms with Gasteiger partial charge in [0, 0.05) is 11.1 Å². The highest BCUT2D eigenvalue weighted by Crippen LogP contribution is 2.23. The molecular weight excluding hydrogens is 296 g/mol. The fourth-order valence-electron chi connectivity index (χ4n) is 2.36. The Kier molecular flexibility index (Phi) is 5.69. The van der Waals surface area contributed by atoms with E-state index in [9.17, 15) is 4.79 Å². The normalized spacial score (nSPS) is 10.8. The molecule has 2 rings (SSSR count). The van der Waals surface area contributed by atoms with Crippen molar-refractivity contribution in [3.05, 3.63) is 90.0 Å². The topological polar surface area (TPSA) is 26.3 Å². The molecule has 24 heavy (non-hydrogen) atoms. The molecule has 0 N–H and O–H groups in total. The van der Waals surface area contributed by atoms with Gasteiger partial charge in [-0.2, -0.15) is 0 Å². The first kappa shape index (κ1) is 17.2. The third-order valence-electron chi connectivity index (χ3n) is 3.63. The van der Waals surface area contributed by atoms with Crippen molar-refractivity contribution in [1.82, 2.24) is 0 Å². The van der Waals surface area contributed by atoms with Gasteiger partial charge >= 0.3 is 5.97 Å². The Morgan fingerprint density at radius 1 is 0.875 bits per heavy atom. The van der Waals surface area contributed by atoms with Gasteiger partial charge in [-0.15, -0.1) is 0 Å². The molecule has 0 saturated carbocycles. The average molecular weight is 316 g/mol. The molecular formula is C22H20O2. The van der Waals surface area contributed by atoms with Gasteiger partial charge in [0.2, 0.25) is 0 Å². The van der Waals surface area contributed by atoms with Crippen LogP contribution >= 0.6 is 0 Å². The molecule has 0 radical (unpaired) electrons. The van der Waals surface area contributed by atoms with E-state index in [0.717, 1.165) is 22.3 Å². The SMILES string of the molecule is C=Cc1ccccc1OC(=O)C(C)=Cc1cccc(C=C)c1C=C. The fraction of sp³-hybridized carbons (Fsp3) is 0.0455. The number of carbonyl (C=O) groups is 1. The van der Waals surface area contributed by atoms with E-state index in [-0.39, 0.29) is 0 Å². The zero-order valence-corrected chi connectivity index (χ0v) is 13.8. The lowest BCUT2D eigenvalue weighted by atomic mass is 9.99. The quantitative estimate of drug-likeness (QED) is 0.392. The van der Waals surface area contributed by atoms with Crippen molar-refractivity contribution >= 4 is 30.3 Å². The van der Waals surface area contributed by atoms with Gasteiger partial charge in [-0.25, -0.2) is 4.79 Å². The van der Waals surface area contributed by atoms with E-state index in [1.165, 1.54) is 0 Å². The molecule has 2 aromatic rings. The predicted molar refractivity (Wildman–Crippen MR) is 102 cm³/mol. The Morgan fingerprint density at radius 2 is 1.50 bits per heavy atom. The molecule has 2 nitrogen and oxygen atoms in total. The second-order valence-corrected chi connectivity index (χ2v) is 5.22. The highest BCUT2D eigenvalue weighted by atomic mass is 16.5. The van der Waals surface area contributed by atoms with Crippen LogP contribution < -0.4 is 4.74 Å². The Morgan fingerprint density at radius 3 is 2.17 bits per heavy atom. The van der Waals surface area contributed by atoms with Gasteiger partial charge in [0.1, 0.15) is 5.75 Å². The van der Waals surface area contributed by atoms with Crippen molar-refractivity contribution in [2.75, 3.05) is 0 Å². The number of hydrogen-bond acceptors (Lipinski definition) is 2. The van der Waals surface area contributed by atoms with Gasteiger partial charge in [-0.05, 0) is 35.8 Å². The van der Waals surface area contributed by atoms with Gasteiger partial charge in [0.05, 0.1) is 0 Å². The largest absolute Gasteiger partial charge is 0.423 e. The maximum Gasteiger partial charge on any atom is 0.339 e. The summed E-state index contributed by atoms with van der Waals surface area (Å²) in [4.78, 5) is 12.4. The van der Waals surface area contributed by atoms with Crippen LogP contribution in [0.2, 0.25) is 0 Å². The van der Waals surface area contributed by atoms with Crippen molar-refractivity contribution in [1.29, 1.82) is 0 Å². The standard InChI is InChI=1S/C22H20O2/c1-5-17-12-10-13-19(20(17)7-3)15-16(4)22(23)24-21-14-9-8-11-18(21)6-2/h5-15H,1-3H2,4H3. The lowest BCUT2D eigenvalue weighted by molar-refractivity contribution is -0.130. The molecule has 0 atom stereocenters. The summed E-state index contributed by atoms with van der Waals surface area (Å²) < 4.78 is 5.48. The highest BCUT2D eigenvalue weighted by Gasteiger charge is 2.11. The summed E-state index contributed by atoms with van der Waals surface area (Å²) in [6.07, 6.45) is 6.98. The number of hydrogen-bond donors (Lipinski definition) is 0. The molecule has 0 aromatic heterocycles. The Bertz CT molecular complexity index is 826. The van der Waals surface area contributed by atoms with Crippen LogP contribution in [0.25, 0.3) is 24.3 Å². The highest BCUT2D eigenvalue weighted by molar-refractivity contribution is 5.95. The lowest BCUT2D eigenvalue weighted by Gasteiger charge is -2.09. The van der Waals surface area contributed by atoms with Crippen molar-refractivity contribution in [2.24, 2.45) is 0 Å². The molecule has 0 aliphatic heterocycles. The third kappa shape index (κ3) is 3.79. The average Bonchev–Trinajstić information content (AvgIpc) is 2.61. The fourth-order valence-corrected chi connectivity index (χ4v) is 2.36. The maximum absolute atomic E-state index is 12.4. The molecule has 0 aliphatic rings. The zero-order valence-electron chi connectivity index (χ0n) is 13.8. The smallest absolute Gasteiger partial charge is 0.339 e. The molecule has 0 fully saturated rings. The molecule has 0 unspecified atom stereocenters. The van der Waals surface area contributed by atoms with E-state index in [1.54, 1.807) is 37.3 Å². The van der Waals surface area contributed by atoms with Crippen LogP contribution in [0.4, 0.5) is 0 Å². The number of para-hydroxylation sites is 1. The Labute approximate surface area is 143 Å². The minimum Gasteiger partial charge on any atom is -0.423 e. The molecule has 120 valence electrons. The molecule has 0 bridgehead atoms. The predicted octanol–water partition coefficient (Wildman–Crippen LogP) is 5.62. The summed E-state index contributed by atoms with van der Waals surface area (Å²) in [5.74, 6) is 0.0948. The van der Waals surface area contributed by atoms with Crippen molar-refractivity contribution < 1.29 is 9.53 Å². The molecule has 0 heterocycles. The third-order valence-corrected chi connectivity index (χ3v) is 3.63. The summed E-state index contributed by atoms with van der Waals surface area (Å²) >= 11 is 0. The minimum atomic E-state index is -0.400. The molecule has 0 amide bonds. The molecule has 0 saturated heterocycles. The minimum absolute atomic E-state index is 0.400. The van der Waals surface area contributed by atoms with Gasteiger partial charge < -0.3 is 4.74 Å². The van der Waals surface area contributed by atoms with E-state index in [2.05, 4.69) is 19.7 Å². The van der Waals surface area contributed by atoms with Crippen LogP contribution in [0.1, 0.15) is 29.2 Å². The number of esters is 1. The number of ether oxygens (including phenoxy) is 1. The summed E-state index contributed by atoms with van der Waals surface area (Å²) in [5, 5.41) is 0.